The van der Waals surface area contributed by atoms with Crippen LogP contribution in [0, 0.1) is 0 Å². The molecule has 0 aliphatic carbocycles. The zero-order valence-corrected chi connectivity index (χ0v) is 13.5. The first-order chi connectivity index (χ1) is 11.6. The summed E-state index contributed by atoms with van der Waals surface area (Å²) in [7, 11) is 0. The van der Waals surface area contributed by atoms with Crippen LogP contribution in [0.1, 0.15) is 24.0 Å². The molecular weight excluding hydrogens is 304 g/mol. The molecule has 0 aliphatic heterocycles. The van der Waals surface area contributed by atoms with Crippen molar-refractivity contribution >= 4 is 11.9 Å². The minimum absolute atomic E-state index is 0.0978. The summed E-state index contributed by atoms with van der Waals surface area (Å²) in [5.41, 5.74) is 7.56. The second kappa shape index (κ2) is 8.84. The molecule has 0 saturated carbocycles. The van der Waals surface area contributed by atoms with E-state index in [-0.39, 0.29) is 18.7 Å². The summed E-state index contributed by atoms with van der Waals surface area (Å²) in [6.45, 7) is 0.966. The number of aliphatic carboxylic acids is 1. The maximum Gasteiger partial charge on any atom is 0.320 e. The molecule has 3 N–H and O–H groups in total. The molecule has 1 unspecified atom stereocenters. The van der Waals surface area contributed by atoms with Gasteiger partial charge in [-0.25, -0.2) is 0 Å². The van der Waals surface area contributed by atoms with Crippen LogP contribution >= 0.6 is 0 Å². The van der Waals surface area contributed by atoms with Gasteiger partial charge in [0.15, 0.2) is 0 Å². The molecule has 5 nitrogen and oxygen atoms in total. The number of nitrogens with two attached hydrogens (primary N) is 1. The van der Waals surface area contributed by atoms with Gasteiger partial charge in [0.1, 0.15) is 6.04 Å². The van der Waals surface area contributed by atoms with Gasteiger partial charge >= 0.3 is 5.97 Å². The summed E-state index contributed by atoms with van der Waals surface area (Å²) in [6.07, 6.45) is 0.251. The fourth-order valence-electron chi connectivity index (χ4n) is 2.40. The smallest absolute Gasteiger partial charge is 0.320 e. The average Bonchev–Trinajstić information content (AvgIpc) is 2.60. The molecule has 0 aliphatic rings. The van der Waals surface area contributed by atoms with E-state index in [4.69, 9.17) is 10.8 Å². The normalized spacial score (nSPS) is 11.7. The molecule has 1 amide bonds. The van der Waals surface area contributed by atoms with E-state index >= 15 is 0 Å². The second-order valence-corrected chi connectivity index (χ2v) is 5.70. The first-order valence-electron chi connectivity index (χ1n) is 7.90. The molecular formula is C19H22N2O3. The molecule has 0 fully saturated rings. The number of benzene rings is 2. The number of amides is 1. The van der Waals surface area contributed by atoms with Gasteiger partial charge < -0.3 is 15.7 Å². The van der Waals surface area contributed by atoms with E-state index in [0.717, 1.165) is 11.1 Å². The number of rotatable bonds is 8. The van der Waals surface area contributed by atoms with Crippen molar-refractivity contribution in [1.29, 1.82) is 0 Å². The Morgan fingerprint density at radius 2 is 1.38 bits per heavy atom. The predicted molar refractivity (Wildman–Crippen MR) is 92.0 cm³/mol. The highest BCUT2D eigenvalue weighted by Crippen LogP contribution is 2.12. The first-order valence-corrected chi connectivity index (χ1v) is 7.90. The summed E-state index contributed by atoms with van der Waals surface area (Å²) in [5.74, 6) is -1.18. The Kier molecular flexibility index (Phi) is 6.51. The zero-order valence-electron chi connectivity index (χ0n) is 13.5. The Bertz CT molecular complexity index is 617. The van der Waals surface area contributed by atoms with Crippen molar-refractivity contribution in [2.75, 3.05) is 0 Å². The highest BCUT2D eigenvalue weighted by molar-refractivity contribution is 5.78. The maximum absolute atomic E-state index is 12.6. The molecule has 0 radical (unpaired) electrons. The molecule has 0 bridgehead atoms. The van der Waals surface area contributed by atoms with E-state index in [2.05, 4.69) is 0 Å². The molecule has 0 spiro atoms. The van der Waals surface area contributed by atoms with Crippen LogP contribution in [0.3, 0.4) is 0 Å². The van der Waals surface area contributed by atoms with Crippen LogP contribution in [-0.4, -0.2) is 27.9 Å². The molecule has 2 aromatic carbocycles. The van der Waals surface area contributed by atoms with Crippen molar-refractivity contribution in [3.8, 4) is 0 Å². The number of carboxylic acids is 1. The fourth-order valence-corrected chi connectivity index (χ4v) is 2.40. The average molecular weight is 326 g/mol. The molecule has 24 heavy (non-hydrogen) atoms. The Balaban J connectivity index is 2.06. The van der Waals surface area contributed by atoms with Crippen molar-refractivity contribution in [2.24, 2.45) is 5.73 Å². The van der Waals surface area contributed by atoms with Gasteiger partial charge in [0.2, 0.25) is 5.91 Å². The molecule has 1 atom stereocenters. The van der Waals surface area contributed by atoms with Gasteiger partial charge in [0, 0.05) is 19.5 Å². The van der Waals surface area contributed by atoms with E-state index in [1.807, 2.05) is 60.7 Å². The molecule has 126 valence electrons. The number of hydrogen-bond donors (Lipinski definition) is 2. The van der Waals surface area contributed by atoms with Gasteiger partial charge in [-0.3, -0.25) is 9.59 Å². The van der Waals surface area contributed by atoms with Crippen molar-refractivity contribution < 1.29 is 14.7 Å². The lowest BCUT2D eigenvalue weighted by molar-refractivity contribution is -0.139. The number of nitrogens with zero attached hydrogens (tertiary/aromatic N) is 1. The third-order valence-electron chi connectivity index (χ3n) is 3.77. The second-order valence-electron chi connectivity index (χ2n) is 5.70. The molecule has 5 heteroatoms. The topological polar surface area (TPSA) is 83.6 Å². The van der Waals surface area contributed by atoms with Crippen LogP contribution in [-0.2, 0) is 22.7 Å². The molecule has 2 aromatic rings. The Morgan fingerprint density at radius 3 is 1.79 bits per heavy atom. The maximum atomic E-state index is 12.6. The van der Waals surface area contributed by atoms with Gasteiger partial charge in [-0.2, -0.15) is 0 Å². The summed E-state index contributed by atoms with van der Waals surface area (Å²) < 4.78 is 0. The lowest BCUT2D eigenvalue weighted by Crippen LogP contribution is -2.34. The Hall–Kier alpha value is -2.66. The van der Waals surface area contributed by atoms with E-state index in [0.29, 0.717) is 13.1 Å². The zero-order chi connectivity index (χ0) is 17.4. The van der Waals surface area contributed by atoms with Crippen molar-refractivity contribution in [2.45, 2.75) is 32.0 Å². The quantitative estimate of drug-likeness (QED) is 0.780. The molecule has 0 heterocycles. The van der Waals surface area contributed by atoms with Crippen molar-refractivity contribution in [3.63, 3.8) is 0 Å². The number of carbonyl (C=O) groups excluding carboxylic acids is 1. The standard InChI is InChI=1S/C19H22N2O3/c20-17(19(23)24)11-12-18(22)21(13-15-7-3-1-4-8-15)14-16-9-5-2-6-10-16/h1-10,17H,11-14,20H2,(H,23,24). The largest absolute Gasteiger partial charge is 0.480 e. The number of carbonyl (C=O) groups is 2. The van der Waals surface area contributed by atoms with Crippen LogP contribution < -0.4 is 5.73 Å². The van der Waals surface area contributed by atoms with Crippen molar-refractivity contribution in [1.82, 2.24) is 4.90 Å². The van der Waals surface area contributed by atoms with Gasteiger partial charge in [0.25, 0.3) is 0 Å². The highest BCUT2D eigenvalue weighted by atomic mass is 16.4. The van der Waals surface area contributed by atoms with Gasteiger partial charge in [-0.1, -0.05) is 60.7 Å². The van der Waals surface area contributed by atoms with E-state index in [1.54, 1.807) is 4.90 Å². The van der Waals surface area contributed by atoms with E-state index in [9.17, 15) is 9.59 Å². The van der Waals surface area contributed by atoms with Crippen molar-refractivity contribution in [3.05, 3.63) is 71.8 Å². The van der Waals surface area contributed by atoms with Gasteiger partial charge in [-0.15, -0.1) is 0 Å². The third-order valence-corrected chi connectivity index (χ3v) is 3.77. The van der Waals surface area contributed by atoms with Gasteiger partial charge in [0.05, 0.1) is 0 Å². The predicted octanol–water partition coefficient (Wildman–Crippen LogP) is 2.41. The first kappa shape index (κ1) is 17.7. The number of carboxylic acid groups (broad SMARTS) is 1. The minimum Gasteiger partial charge on any atom is -0.480 e. The lowest BCUT2D eigenvalue weighted by Gasteiger charge is -2.23. The van der Waals surface area contributed by atoms with Crippen LogP contribution in [0.15, 0.2) is 60.7 Å². The lowest BCUT2D eigenvalue weighted by atomic mass is 10.1. The molecule has 0 saturated heterocycles. The number of hydrogen-bond acceptors (Lipinski definition) is 3. The summed E-state index contributed by atoms with van der Waals surface area (Å²) in [5, 5.41) is 8.85. The SMILES string of the molecule is NC(CCC(=O)N(Cc1ccccc1)Cc1ccccc1)C(=O)O. The highest BCUT2D eigenvalue weighted by Gasteiger charge is 2.18. The van der Waals surface area contributed by atoms with Crippen LogP contribution in [0.25, 0.3) is 0 Å². The summed E-state index contributed by atoms with van der Waals surface area (Å²) in [6, 6.07) is 18.4. The molecule has 2 rings (SSSR count). The van der Waals surface area contributed by atoms with E-state index in [1.165, 1.54) is 0 Å². The van der Waals surface area contributed by atoms with E-state index < -0.39 is 12.0 Å². The Labute approximate surface area is 141 Å². The van der Waals surface area contributed by atoms with Gasteiger partial charge in [-0.05, 0) is 17.5 Å². The van der Waals surface area contributed by atoms with Crippen LogP contribution in [0.4, 0.5) is 0 Å². The Morgan fingerprint density at radius 1 is 0.917 bits per heavy atom. The van der Waals surface area contributed by atoms with Crippen LogP contribution in [0.5, 0.6) is 0 Å². The summed E-state index contributed by atoms with van der Waals surface area (Å²) >= 11 is 0. The summed E-state index contributed by atoms with van der Waals surface area (Å²) in [4.78, 5) is 25.1. The third kappa shape index (κ3) is 5.52. The minimum atomic E-state index is -1.08. The fraction of sp³-hybridized carbons (Fsp3) is 0.263. The van der Waals surface area contributed by atoms with Crippen LogP contribution in [0.2, 0.25) is 0 Å². The monoisotopic (exact) mass is 326 g/mol. The molecule has 0 aromatic heterocycles.